The van der Waals surface area contributed by atoms with Crippen LogP contribution in [-0.2, 0) is 13.1 Å². The van der Waals surface area contributed by atoms with Gasteiger partial charge < -0.3 is 5.32 Å². The number of aromatic nitrogens is 1. The summed E-state index contributed by atoms with van der Waals surface area (Å²) in [7, 11) is 0. The van der Waals surface area contributed by atoms with Crippen LogP contribution in [0.25, 0.3) is 0 Å². The van der Waals surface area contributed by atoms with Crippen molar-refractivity contribution < 1.29 is 8.78 Å². The van der Waals surface area contributed by atoms with Gasteiger partial charge in [0.25, 0.3) is 0 Å². The summed E-state index contributed by atoms with van der Waals surface area (Å²) in [5, 5.41) is 3.02. The molecule has 1 aromatic carbocycles. The number of halogens is 3. The monoisotopic (exact) mass is 312 g/mol. The van der Waals surface area contributed by atoms with Crippen LogP contribution < -0.4 is 5.32 Å². The van der Waals surface area contributed by atoms with Crippen LogP contribution in [0.3, 0.4) is 0 Å². The lowest BCUT2D eigenvalue weighted by molar-refractivity contribution is 0.567. The molecule has 1 N–H and O–H groups in total. The number of hydrogen-bond donors (Lipinski definition) is 1. The molecule has 0 amide bonds. The number of hydrogen-bond acceptors (Lipinski definition) is 2. The first-order valence-electron chi connectivity index (χ1n) is 5.41. The number of rotatable bonds is 4. The summed E-state index contributed by atoms with van der Waals surface area (Å²) in [5.74, 6) is -0.847. The van der Waals surface area contributed by atoms with Crippen molar-refractivity contribution in [2.45, 2.75) is 13.1 Å². The summed E-state index contributed by atoms with van der Waals surface area (Å²) in [4.78, 5) is 4.23. The molecule has 1 aromatic heterocycles. The molecule has 0 saturated carbocycles. The van der Waals surface area contributed by atoms with E-state index in [1.54, 1.807) is 0 Å². The largest absolute Gasteiger partial charge is 0.307 e. The first-order valence-corrected chi connectivity index (χ1v) is 6.20. The van der Waals surface area contributed by atoms with Gasteiger partial charge in [-0.1, -0.05) is 6.07 Å². The summed E-state index contributed by atoms with van der Waals surface area (Å²) < 4.78 is 27.0. The van der Waals surface area contributed by atoms with Gasteiger partial charge in [0, 0.05) is 18.7 Å². The molecular formula is C13H11BrF2N2. The fourth-order valence-corrected chi connectivity index (χ4v) is 1.93. The molecule has 0 spiro atoms. The maximum absolute atomic E-state index is 13.3. The predicted octanol–water partition coefficient (Wildman–Crippen LogP) is 3.41. The van der Waals surface area contributed by atoms with Gasteiger partial charge in [-0.15, -0.1) is 0 Å². The van der Waals surface area contributed by atoms with Crippen molar-refractivity contribution in [1.29, 1.82) is 0 Å². The lowest BCUT2D eigenvalue weighted by atomic mass is 10.2. The third-order valence-corrected chi connectivity index (χ3v) is 2.84. The quantitative estimate of drug-likeness (QED) is 0.875. The number of nitrogens with one attached hydrogen (secondary N) is 1. The topological polar surface area (TPSA) is 24.9 Å². The maximum atomic E-state index is 13.3. The highest BCUT2D eigenvalue weighted by atomic mass is 79.9. The highest BCUT2D eigenvalue weighted by Gasteiger charge is 2.03. The molecule has 5 heteroatoms. The molecule has 0 aliphatic carbocycles. The fraction of sp³-hybridized carbons (Fsp3) is 0.154. The molecule has 0 aliphatic heterocycles. The standard InChI is InChI=1S/C13H11BrF2N2/c14-13-3-1-2-11(18-13)8-17-7-9-6-10(15)4-5-12(9)16/h1-6,17H,7-8H2. The van der Waals surface area contributed by atoms with Gasteiger partial charge in [-0.05, 0) is 46.3 Å². The summed E-state index contributed by atoms with van der Waals surface area (Å²) in [6, 6.07) is 8.99. The Balaban J connectivity index is 1.94. The van der Waals surface area contributed by atoms with Gasteiger partial charge >= 0.3 is 0 Å². The summed E-state index contributed by atoms with van der Waals surface area (Å²) in [5.41, 5.74) is 1.14. The van der Waals surface area contributed by atoms with Crippen LogP contribution in [0.4, 0.5) is 8.78 Å². The average Bonchev–Trinajstić information content (AvgIpc) is 2.34. The zero-order valence-electron chi connectivity index (χ0n) is 9.46. The summed E-state index contributed by atoms with van der Waals surface area (Å²) >= 11 is 3.27. The molecule has 0 unspecified atom stereocenters. The molecule has 94 valence electrons. The Morgan fingerprint density at radius 1 is 1.11 bits per heavy atom. The molecule has 18 heavy (non-hydrogen) atoms. The number of benzene rings is 1. The molecule has 2 rings (SSSR count). The van der Waals surface area contributed by atoms with Crippen molar-refractivity contribution in [2.24, 2.45) is 0 Å². The molecule has 1 heterocycles. The van der Waals surface area contributed by atoms with Crippen LogP contribution in [-0.4, -0.2) is 4.98 Å². The van der Waals surface area contributed by atoms with Crippen molar-refractivity contribution in [3.05, 3.63) is 63.9 Å². The lowest BCUT2D eigenvalue weighted by Crippen LogP contribution is -2.14. The minimum Gasteiger partial charge on any atom is -0.307 e. The smallest absolute Gasteiger partial charge is 0.127 e. The van der Waals surface area contributed by atoms with Gasteiger partial charge in [-0.25, -0.2) is 13.8 Å². The van der Waals surface area contributed by atoms with Crippen LogP contribution in [0.2, 0.25) is 0 Å². The van der Waals surface area contributed by atoms with E-state index in [-0.39, 0.29) is 6.54 Å². The van der Waals surface area contributed by atoms with Crippen molar-refractivity contribution >= 4 is 15.9 Å². The lowest BCUT2D eigenvalue weighted by Gasteiger charge is -2.06. The first kappa shape index (κ1) is 13.1. The van der Waals surface area contributed by atoms with E-state index < -0.39 is 11.6 Å². The molecule has 2 nitrogen and oxygen atoms in total. The molecule has 0 fully saturated rings. The van der Waals surface area contributed by atoms with Crippen LogP contribution in [0.5, 0.6) is 0 Å². The van der Waals surface area contributed by atoms with Crippen LogP contribution >= 0.6 is 15.9 Å². The van der Waals surface area contributed by atoms with Crippen molar-refractivity contribution in [3.63, 3.8) is 0 Å². The van der Waals surface area contributed by atoms with Crippen molar-refractivity contribution in [2.75, 3.05) is 0 Å². The SMILES string of the molecule is Fc1ccc(F)c(CNCc2cccc(Br)n2)c1. The highest BCUT2D eigenvalue weighted by Crippen LogP contribution is 2.10. The zero-order valence-corrected chi connectivity index (χ0v) is 11.0. The second kappa shape index (κ2) is 6.02. The third-order valence-electron chi connectivity index (χ3n) is 2.40. The van der Waals surface area contributed by atoms with E-state index in [0.29, 0.717) is 12.1 Å². The minimum atomic E-state index is -0.436. The van der Waals surface area contributed by atoms with Crippen LogP contribution in [0, 0.1) is 11.6 Å². The van der Waals surface area contributed by atoms with Gasteiger partial charge in [0.1, 0.15) is 16.2 Å². The molecule has 2 aromatic rings. The second-order valence-corrected chi connectivity index (χ2v) is 4.60. The molecule has 0 radical (unpaired) electrons. The van der Waals surface area contributed by atoms with Gasteiger partial charge in [0.05, 0.1) is 5.69 Å². The van der Waals surface area contributed by atoms with Gasteiger partial charge in [0.15, 0.2) is 0 Å². The zero-order chi connectivity index (χ0) is 13.0. The second-order valence-electron chi connectivity index (χ2n) is 3.79. The van der Waals surface area contributed by atoms with E-state index in [9.17, 15) is 8.78 Å². The molecule has 0 aliphatic rings. The average molecular weight is 313 g/mol. The normalized spacial score (nSPS) is 10.6. The van der Waals surface area contributed by atoms with Crippen LogP contribution in [0.1, 0.15) is 11.3 Å². The Kier molecular flexibility index (Phi) is 4.38. The van der Waals surface area contributed by atoms with Crippen molar-refractivity contribution in [3.8, 4) is 0 Å². The fourth-order valence-electron chi connectivity index (χ4n) is 1.55. The van der Waals surface area contributed by atoms with E-state index in [1.165, 1.54) is 6.07 Å². The molecule has 0 saturated heterocycles. The number of pyridine rings is 1. The molecular weight excluding hydrogens is 302 g/mol. The Hall–Kier alpha value is -1.33. The van der Waals surface area contributed by atoms with E-state index in [4.69, 9.17) is 0 Å². The summed E-state index contributed by atoms with van der Waals surface area (Å²) in [6.45, 7) is 0.757. The Bertz CT molecular complexity index is 546. The van der Waals surface area contributed by atoms with Crippen molar-refractivity contribution in [1.82, 2.24) is 10.3 Å². The van der Waals surface area contributed by atoms with Gasteiger partial charge in [0.2, 0.25) is 0 Å². The Labute approximate surface area is 112 Å². The maximum Gasteiger partial charge on any atom is 0.127 e. The molecule has 0 atom stereocenters. The predicted molar refractivity (Wildman–Crippen MR) is 68.8 cm³/mol. The third kappa shape index (κ3) is 3.58. The van der Waals surface area contributed by atoms with E-state index in [1.807, 2.05) is 18.2 Å². The summed E-state index contributed by atoms with van der Waals surface area (Å²) in [6.07, 6.45) is 0. The van der Waals surface area contributed by atoms with Crippen LogP contribution in [0.15, 0.2) is 41.0 Å². The Morgan fingerprint density at radius 2 is 1.94 bits per heavy atom. The van der Waals surface area contributed by atoms with E-state index in [0.717, 1.165) is 22.4 Å². The molecule has 0 bridgehead atoms. The first-order chi connectivity index (χ1) is 8.65. The van der Waals surface area contributed by atoms with Gasteiger partial charge in [-0.3, -0.25) is 0 Å². The highest BCUT2D eigenvalue weighted by molar-refractivity contribution is 9.10. The Morgan fingerprint density at radius 3 is 2.72 bits per heavy atom. The minimum absolute atomic E-state index is 0.262. The van der Waals surface area contributed by atoms with Gasteiger partial charge in [-0.2, -0.15) is 0 Å². The van der Waals surface area contributed by atoms with E-state index in [2.05, 4.69) is 26.2 Å². The van der Waals surface area contributed by atoms with E-state index >= 15 is 0 Å². The number of nitrogens with zero attached hydrogens (tertiary/aromatic N) is 1.